The van der Waals surface area contributed by atoms with Crippen LogP contribution in [0.1, 0.15) is 31.7 Å². The highest BCUT2D eigenvalue weighted by atomic mass is 32.2. The van der Waals surface area contributed by atoms with Crippen LogP contribution in [-0.2, 0) is 10.0 Å². The molecule has 6 nitrogen and oxygen atoms in total. The Morgan fingerprint density at radius 2 is 2.00 bits per heavy atom. The first-order valence-electron chi connectivity index (χ1n) is 5.96. The van der Waals surface area contributed by atoms with Gasteiger partial charge in [0.1, 0.15) is 4.90 Å². The maximum atomic E-state index is 12.6. The number of aliphatic hydroxyl groups excluding tert-OH is 1. The van der Waals surface area contributed by atoms with Gasteiger partial charge in [0, 0.05) is 19.2 Å². The van der Waals surface area contributed by atoms with Gasteiger partial charge in [0.2, 0.25) is 10.0 Å². The second-order valence-electron chi connectivity index (χ2n) is 4.55. The minimum atomic E-state index is -3.56. The van der Waals surface area contributed by atoms with E-state index in [1.807, 2.05) is 13.8 Å². The Kier molecular flexibility index (Phi) is 4.89. The number of aliphatic hydroxyl groups is 1. The first kappa shape index (κ1) is 15.1. The first-order chi connectivity index (χ1) is 8.32. The van der Waals surface area contributed by atoms with E-state index in [4.69, 9.17) is 5.11 Å². The van der Waals surface area contributed by atoms with E-state index < -0.39 is 10.0 Å². The van der Waals surface area contributed by atoms with Gasteiger partial charge in [-0.15, -0.1) is 0 Å². The fourth-order valence-corrected chi connectivity index (χ4v) is 3.93. The lowest BCUT2D eigenvalue weighted by atomic mass is 10.3. The molecular formula is C11H21N3O3S. The predicted octanol–water partition coefficient (Wildman–Crippen LogP) is 0.808. The van der Waals surface area contributed by atoms with Crippen LogP contribution < -0.4 is 0 Å². The Bertz CT molecular complexity index is 474. The fraction of sp³-hybridized carbons (Fsp3) is 0.727. The average molecular weight is 275 g/mol. The molecule has 2 N–H and O–H groups in total. The van der Waals surface area contributed by atoms with Gasteiger partial charge in [-0.05, 0) is 34.1 Å². The van der Waals surface area contributed by atoms with Crippen molar-refractivity contribution in [3.8, 4) is 0 Å². The smallest absolute Gasteiger partial charge is 0.246 e. The topological polar surface area (TPSA) is 86.3 Å². The lowest BCUT2D eigenvalue weighted by Gasteiger charge is -2.25. The fourth-order valence-electron chi connectivity index (χ4n) is 1.92. The molecule has 1 aromatic rings. The van der Waals surface area contributed by atoms with Gasteiger partial charge in [-0.1, -0.05) is 0 Å². The number of nitrogens with zero attached hydrogens (tertiary/aromatic N) is 2. The highest BCUT2D eigenvalue weighted by molar-refractivity contribution is 7.89. The summed E-state index contributed by atoms with van der Waals surface area (Å²) in [5.74, 6) is 0. The van der Waals surface area contributed by atoms with E-state index in [0.29, 0.717) is 24.4 Å². The van der Waals surface area contributed by atoms with Crippen molar-refractivity contribution in [1.82, 2.24) is 14.5 Å². The van der Waals surface area contributed by atoms with Gasteiger partial charge in [0.25, 0.3) is 0 Å². The zero-order valence-corrected chi connectivity index (χ0v) is 12.1. The van der Waals surface area contributed by atoms with Crippen LogP contribution in [0.5, 0.6) is 0 Å². The molecular weight excluding hydrogens is 254 g/mol. The zero-order valence-electron chi connectivity index (χ0n) is 11.3. The van der Waals surface area contributed by atoms with Gasteiger partial charge >= 0.3 is 0 Å². The summed E-state index contributed by atoms with van der Waals surface area (Å²) in [7, 11) is -3.56. The zero-order chi connectivity index (χ0) is 13.9. The largest absolute Gasteiger partial charge is 0.396 e. The summed E-state index contributed by atoms with van der Waals surface area (Å²) in [6.07, 6.45) is 0.424. The average Bonchev–Trinajstić information content (AvgIpc) is 2.58. The van der Waals surface area contributed by atoms with Crippen LogP contribution in [0, 0.1) is 13.8 Å². The molecule has 0 amide bonds. The molecule has 0 aliphatic carbocycles. The molecule has 104 valence electrons. The van der Waals surface area contributed by atoms with Crippen molar-refractivity contribution in [2.75, 3.05) is 13.2 Å². The lowest BCUT2D eigenvalue weighted by molar-refractivity contribution is 0.258. The maximum Gasteiger partial charge on any atom is 0.246 e. The molecule has 1 aromatic heterocycles. The Morgan fingerprint density at radius 3 is 2.39 bits per heavy atom. The van der Waals surface area contributed by atoms with Gasteiger partial charge in [-0.25, -0.2) is 8.42 Å². The van der Waals surface area contributed by atoms with Gasteiger partial charge in [-0.2, -0.15) is 9.40 Å². The molecule has 1 heterocycles. The van der Waals surface area contributed by atoms with E-state index in [0.717, 1.165) is 0 Å². The van der Waals surface area contributed by atoms with Gasteiger partial charge < -0.3 is 5.11 Å². The molecule has 7 heteroatoms. The third kappa shape index (κ3) is 2.90. The Labute approximate surface area is 108 Å². The summed E-state index contributed by atoms with van der Waals surface area (Å²) >= 11 is 0. The van der Waals surface area contributed by atoms with Crippen molar-refractivity contribution >= 4 is 10.0 Å². The molecule has 0 saturated heterocycles. The summed E-state index contributed by atoms with van der Waals surface area (Å²) in [4.78, 5) is 0.245. The van der Waals surface area contributed by atoms with Crippen LogP contribution in [0.15, 0.2) is 4.90 Å². The van der Waals surface area contributed by atoms with Crippen LogP contribution in [-0.4, -0.2) is 47.2 Å². The Balaban J connectivity index is 3.17. The van der Waals surface area contributed by atoms with Gasteiger partial charge in [-0.3, -0.25) is 5.10 Å². The molecule has 0 aliphatic heterocycles. The van der Waals surface area contributed by atoms with E-state index in [2.05, 4.69) is 10.2 Å². The molecule has 0 aromatic carbocycles. The van der Waals surface area contributed by atoms with E-state index in [1.54, 1.807) is 13.8 Å². The first-order valence-corrected chi connectivity index (χ1v) is 7.40. The van der Waals surface area contributed by atoms with Crippen LogP contribution in [0.2, 0.25) is 0 Å². The number of hydrogen-bond donors (Lipinski definition) is 2. The minimum Gasteiger partial charge on any atom is -0.396 e. The maximum absolute atomic E-state index is 12.6. The van der Waals surface area contributed by atoms with E-state index in [-0.39, 0.29) is 17.5 Å². The molecule has 0 atom stereocenters. The lowest BCUT2D eigenvalue weighted by Crippen LogP contribution is -2.38. The molecule has 18 heavy (non-hydrogen) atoms. The summed E-state index contributed by atoms with van der Waals surface area (Å²) in [6, 6.07) is -0.157. The second kappa shape index (κ2) is 5.81. The molecule has 0 radical (unpaired) electrons. The normalized spacial score (nSPS) is 12.6. The highest BCUT2D eigenvalue weighted by Gasteiger charge is 2.30. The molecule has 0 unspecified atom stereocenters. The number of aryl methyl sites for hydroxylation is 2. The van der Waals surface area contributed by atoms with Gasteiger partial charge in [0.05, 0.1) is 11.4 Å². The Hall–Kier alpha value is -0.920. The van der Waals surface area contributed by atoms with E-state index in [9.17, 15) is 8.42 Å². The monoisotopic (exact) mass is 275 g/mol. The minimum absolute atomic E-state index is 0.0257. The number of rotatable bonds is 6. The van der Waals surface area contributed by atoms with Gasteiger partial charge in [0.15, 0.2) is 0 Å². The van der Waals surface area contributed by atoms with E-state index in [1.165, 1.54) is 4.31 Å². The molecule has 0 bridgehead atoms. The summed E-state index contributed by atoms with van der Waals surface area (Å²) in [5.41, 5.74) is 1.02. The van der Waals surface area contributed by atoms with Crippen molar-refractivity contribution in [1.29, 1.82) is 0 Å². The molecule has 0 saturated carbocycles. The number of hydrogen-bond acceptors (Lipinski definition) is 4. The van der Waals surface area contributed by atoms with Crippen molar-refractivity contribution < 1.29 is 13.5 Å². The SMILES string of the molecule is Cc1n[nH]c(C)c1S(=O)(=O)N(CCCO)C(C)C. The van der Waals surface area contributed by atoms with Crippen LogP contribution in [0.3, 0.4) is 0 Å². The number of aromatic nitrogens is 2. The number of aromatic amines is 1. The predicted molar refractivity (Wildman–Crippen MR) is 68.8 cm³/mol. The van der Waals surface area contributed by atoms with E-state index >= 15 is 0 Å². The Morgan fingerprint density at radius 1 is 1.39 bits per heavy atom. The third-order valence-electron chi connectivity index (χ3n) is 2.74. The number of nitrogens with one attached hydrogen (secondary N) is 1. The molecule has 0 fully saturated rings. The highest BCUT2D eigenvalue weighted by Crippen LogP contribution is 2.23. The molecule has 0 aliphatic rings. The molecule has 1 rings (SSSR count). The van der Waals surface area contributed by atoms with Crippen LogP contribution in [0.4, 0.5) is 0 Å². The van der Waals surface area contributed by atoms with Crippen LogP contribution in [0.25, 0.3) is 0 Å². The van der Waals surface area contributed by atoms with Crippen LogP contribution >= 0.6 is 0 Å². The quantitative estimate of drug-likeness (QED) is 0.804. The van der Waals surface area contributed by atoms with Crippen molar-refractivity contribution in [3.05, 3.63) is 11.4 Å². The second-order valence-corrected chi connectivity index (χ2v) is 6.38. The van der Waals surface area contributed by atoms with Crippen molar-refractivity contribution in [2.45, 2.75) is 45.1 Å². The van der Waals surface area contributed by atoms with Crippen molar-refractivity contribution in [3.63, 3.8) is 0 Å². The summed E-state index contributed by atoms with van der Waals surface area (Å²) < 4.78 is 26.5. The summed E-state index contributed by atoms with van der Waals surface area (Å²) in [5, 5.41) is 15.5. The standard InChI is InChI=1S/C11H21N3O3S/c1-8(2)14(6-5-7-15)18(16,17)11-9(3)12-13-10(11)4/h8,15H,5-7H2,1-4H3,(H,12,13). The van der Waals surface area contributed by atoms with Crippen molar-refractivity contribution in [2.24, 2.45) is 0 Å². The number of sulfonamides is 1. The number of H-pyrrole nitrogens is 1. The third-order valence-corrected chi connectivity index (χ3v) is 5.08. The summed E-state index contributed by atoms with van der Waals surface area (Å²) in [6.45, 7) is 7.28. The molecule has 0 spiro atoms.